The number of aliphatic hydroxyl groups is 3. The van der Waals surface area contributed by atoms with E-state index >= 15 is 0 Å². The Bertz CT molecular complexity index is 1670. The van der Waals surface area contributed by atoms with Gasteiger partial charge in [-0.1, -0.05) is 0 Å². The summed E-state index contributed by atoms with van der Waals surface area (Å²) in [4.78, 5) is 36.2. The number of piperazine rings is 1. The van der Waals surface area contributed by atoms with Gasteiger partial charge in [-0.25, -0.2) is 13.2 Å². The van der Waals surface area contributed by atoms with Gasteiger partial charge in [0.25, 0.3) is 5.91 Å². The first kappa shape index (κ1) is 32.2. The molecule has 17 heteroatoms. The Balaban J connectivity index is 1.30. The minimum Gasteiger partial charge on any atom is -0.479 e. The first-order valence-corrected chi connectivity index (χ1v) is 16.1. The molecule has 0 spiro atoms. The highest BCUT2D eigenvalue weighted by Gasteiger charge is 2.48. The Labute approximate surface area is 258 Å². The third-order valence-corrected chi connectivity index (χ3v) is 7.97. The molecule has 2 aliphatic heterocycles. The van der Waals surface area contributed by atoms with E-state index < -0.39 is 46.7 Å². The summed E-state index contributed by atoms with van der Waals surface area (Å²) in [6.07, 6.45) is -7.78. The van der Waals surface area contributed by atoms with Gasteiger partial charge in [0.15, 0.2) is 11.9 Å². The standard InChI is InChI=1S/C28H36N6O10S/c1-14(2)29-18-6-7-20(43-28-23(37)21(35)22(36)24(44-28)27(39)40)31-25(18)33-8-10-34(11-9-33)26(38)19-13-15-12-16(32-45(3,41)42)4-5-17(15)30-19/h4-7,12-14,21-24,28-30,32,35-37H,8-11H2,1-3H3,(H,39,40)/t21-,22-,23+,24-,28+/m0/s1. The molecule has 5 atom stereocenters. The SMILES string of the molecule is CC(C)Nc1ccc(O[C@@H]2O[C@H](C(=O)O)[C@@H](O)[C@H](O)[C@H]2O)nc1N1CCN(C(=O)c2cc3cc(NS(C)(=O)=O)ccc3[nH]2)CC1. The number of carbonyl (C=O) groups excluding carboxylic acids is 1. The van der Waals surface area contributed by atoms with Crippen LogP contribution in [0.4, 0.5) is 17.2 Å². The van der Waals surface area contributed by atoms with Gasteiger partial charge in [-0.15, -0.1) is 0 Å². The van der Waals surface area contributed by atoms with Gasteiger partial charge in [0, 0.05) is 54.9 Å². The third-order valence-electron chi connectivity index (χ3n) is 7.36. The van der Waals surface area contributed by atoms with E-state index in [1.165, 1.54) is 6.07 Å². The van der Waals surface area contributed by atoms with Crippen molar-refractivity contribution in [1.82, 2.24) is 14.9 Å². The zero-order valence-electron chi connectivity index (χ0n) is 24.7. The number of H-pyrrole nitrogens is 1. The number of nitrogens with zero attached hydrogens (tertiary/aromatic N) is 3. The quantitative estimate of drug-likeness (QED) is 0.162. The summed E-state index contributed by atoms with van der Waals surface area (Å²) in [5, 5.41) is 43.8. The van der Waals surface area contributed by atoms with Gasteiger partial charge >= 0.3 is 5.97 Å². The van der Waals surface area contributed by atoms with E-state index in [0.29, 0.717) is 60.0 Å². The van der Waals surface area contributed by atoms with Crippen LogP contribution in [0.1, 0.15) is 24.3 Å². The molecule has 7 N–H and O–H groups in total. The van der Waals surface area contributed by atoms with E-state index in [1.807, 2.05) is 18.7 Å². The maximum absolute atomic E-state index is 13.4. The number of carboxylic acid groups (broad SMARTS) is 1. The predicted molar refractivity (Wildman–Crippen MR) is 163 cm³/mol. The van der Waals surface area contributed by atoms with Crippen LogP contribution in [-0.4, -0.2) is 125 Å². The van der Waals surface area contributed by atoms with E-state index in [-0.39, 0.29) is 17.8 Å². The normalized spacial score (nSPS) is 24.1. The number of carbonyl (C=O) groups is 2. The van der Waals surface area contributed by atoms with Crippen LogP contribution < -0.4 is 19.7 Å². The third kappa shape index (κ3) is 7.23. The lowest BCUT2D eigenvalue weighted by Crippen LogP contribution is -2.61. The lowest BCUT2D eigenvalue weighted by Gasteiger charge is -2.38. The number of ether oxygens (including phenoxy) is 2. The summed E-state index contributed by atoms with van der Waals surface area (Å²) in [5.74, 6) is -1.27. The Kier molecular flexibility index (Phi) is 9.09. The molecule has 0 aliphatic carbocycles. The summed E-state index contributed by atoms with van der Waals surface area (Å²) in [7, 11) is -3.45. The molecule has 2 saturated heterocycles. The largest absolute Gasteiger partial charge is 0.479 e. The number of fused-ring (bicyclic) bond motifs is 1. The van der Waals surface area contributed by atoms with Crippen LogP contribution in [-0.2, 0) is 19.6 Å². The number of pyridine rings is 1. The van der Waals surface area contributed by atoms with E-state index in [0.717, 1.165) is 6.26 Å². The highest BCUT2D eigenvalue weighted by molar-refractivity contribution is 7.92. The first-order valence-electron chi connectivity index (χ1n) is 14.2. The number of sulfonamides is 1. The number of aliphatic carboxylic acids is 1. The average Bonchev–Trinajstić information content (AvgIpc) is 3.40. The number of amides is 1. The molecule has 1 amide bonds. The Morgan fingerprint density at radius 3 is 2.40 bits per heavy atom. The molecule has 4 heterocycles. The predicted octanol–water partition coefficient (Wildman–Crippen LogP) is -0.0119. The van der Waals surface area contributed by atoms with Crippen molar-refractivity contribution in [2.24, 2.45) is 0 Å². The zero-order valence-corrected chi connectivity index (χ0v) is 25.6. The molecule has 2 aliphatic rings. The minimum atomic E-state index is -3.45. The van der Waals surface area contributed by atoms with Crippen LogP contribution in [0, 0.1) is 0 Å². The van der Waals surface area contributed by atoms with Gasteiger partial charge in [0.05, 0.1) is 11.9 Å². The summed E-state index contributed by atoms with van der Waals surface area (Å²) >= 11 is 0. The molecule has 0 bridgehead atoms. The fourth-order valence-corrected chi connectivity index (χ4v) is 5.80. The van der Waals surface area contributed by atoms with Crippen molar-refractivity contribution in [3.05, 3.63) is 42.1 Å². The van der Waals surface area contributed by atoms with Crippen molar-refractivity contribution in [2.45, 2.75) is 50.6 Å². The number of hydrogen-bond donors (Lipinski definition) is 7. The molecule has 2 fully saturated rings. The number of aromatic amines is 1. The second kappa shape index (κ2) is 12.7. The average molecular weight is 649 g/mol. The van der Waals surface area contributed by atoms with Gasteiger partial charge in [-0.2, -0.15) is 4.98 Å². The first-order chi connectivity index (χ1) is 21.2. The summed E-state index contributed by atoms with van der Waals surface area (Å²) in [6, 6.07) is 9.89. The van der Waals surface area contributed by atoms with Gasteiger partial charge in [0.2, 0.25) is 22.2 Å². The molecule has 1 aromatic carbocycles. The Hall–Kier alpha value is -4.16. The van der Waals surface area contributed by atoms with Crippen molar-refractivity contribution in [3.8, 4) is 5.88 Å². The molecule has 16 nitrogen and oxygen atoms in total. The summed E-state index contributed by atoms with van der Waals surface area (Å²) in [6.45, 7) is 5.44. The van der Waals surface area contributed by atoms with Crippen LogP contribution in [0.2, 0.25) is 0 Å². The highest BCUT2D eigenvalue weighted by Crippen LogP contribution is 2.31. The second-order valence-electron chi connectivity index (χ2n) is 11.3. The number of hydrogen-bond acceptors (Lipinski definition) is 12. The molecule has 2 aromatic heterocycles. The molecular formula is C28H36N6O10S. The van der Waals surface area contributed by atoms with Crippen LogP contribution in [0.15, 0.2) is 36.4 Å². The zero-order chi connectivity index (χ0) is 32.6. The molecule has 5 rings (SSSR count). The summed E-state index contributed by atoms with van der Waals surface area (Å²) in [5.41, 5.74) is 2.12. The molecule has 3 aromatic rings. The lowest BCUT2D eigenvalue weighted by atomic mass is 9.99. The molecule has 244 valence electrons. The van der Waals surface area contributed by atoms with E-state index in [1.54, 1.807) is 35.2 Å². The van der Waals surface area contributed by atoms with Gasteiger partial charge < -0.3 is 50.0 Å². The maximum atomic E-state index is 13.4. The number of carboxylic acids is 1. The number of benzene rings is 1. The Morgan fingerprint density at radius 2 is 1.76 bits per heavy atom. The molecule has 45 heavy (non-hydrogen) atoms. The van der Waals surface area contributed by atoms with Gasteiger partial charge in [0.1, 0.15) is 24.0 Å². The van der Waals surface area contributed by atoms with E-state index in [2.05, 4.69) is 20.0 Å². The van der Waals surface area contributed by atoms with Gasteiger partial charge in [-0.3, -0.25) is 9.52 Å². The minimum absolute atomic E-state index is 0.0163. The van der Waals surface area contributed by atoms with Gasteiger partial charge in [-0.05, 0) is 44.2 Å². The van der Waals surface area contributed by atoms with Crippen LogP contribution >= 0.6 is 0 Å². The Morgan fingerprint density at radius 1 is 1.04 bits per heavy atom. The number of aliphatic hydroxyl groups excluding tert-OH is 3. The lowest BCUT2D eigenvalue weighted by molar-refractivity contribution is -0.271. The summed E-state index contributed by atoms with van der Waals surface area (Å²) < 4.78 is 36.5. The van der Waals surface area contributed by atoms with E-state index in [9.17, 15) is 38.4 Å². The van der Waals surface area contributed by atoms with Crippen LogP contribution in [0.3, 0.4) is 0 Å². The monoisotopic (exact) mass is 648 g/mol. The maximum Gasteiger partial charge on any atom is 0.335 e. The molecular weight excluding hydrogens is 612 g/mol. The van der Waals surface area contributed by atoms with Crippen molar-refractivity contribution in [3.63, 3.8) is 0 Å². The smallest absolute Gasteiger partial charge is 0.335 e. The number of nitrogens with one attached hydrogen (secondary N) is 3. The number of anilines is 3. The van der Waals surface area contributed by atoms with Crippen LogP contribution in [0.25, 0.3) is 10.9 Å². The topological polar surface area (TPSA) is 227 Å². The van der Waals surface area contributed by atoms with Crippen LogP contribution in [0.5, 0.6) is 5.88 Å². The fourth-order valence-electron chi connectivity index (χ4n) is 5.25. The van der Waals surface area contributed by atoms with Crippen molar-refractivity contribution >= 4 is 50.0 Å². The molecule has 0 unspecified atom stereocenters. The molecule has 0 radical (unpaired) electrons. The molecule has 0 saturated carbocycles. The fraction of sp³-hybridized carbons (Fsp3) is 0.464. The van der Waals surface area contributed by atoms with Crippen molar-refractivity contribution < 1.29 is 47.9 Å². The van der Waals surface area contributed by atoms with Crippen molar-refractivity contribution in [1.29, 1.82) is 0 Å². The van der Waals surface area contributed by atoms with E-state index in [4.69, 9.17) is 9.47 Å². The number of aromatic nitrogens is 2. The number of rotatable bonds is 9. The van der Waals surface area contributed by atoms with Crippen molar-refractivity contribution in [2.75, 3.05) is 47.4 Å². The highest BCUT2D eigenvalue weighted by atomic mass is 32.2. The second-order valence-corrected chi connectivity index (χ2v) is 13.1.